The number of nitrogens with zero attached hydrogens (tertiary/aromatic N) is 2. The smallest absolute Gasteiger partial charge is 0.176 e. The number of aromatic nitrogens is 2. The van der Waals surface area contributed by atoms with Crippen molar-refractivity contribution in [3.05, 3.63) is 40.1 Å². The van der Waals surface area contributed by atoms with Crippen molar-refractivity contribution in [2.24, 2.45) is 0 Å². The van der Waals surface area contributed by atoms with Gasteiger partial charge in [0, 0.05) is 36.3 Å². The van der Waals surface area contributed by atoms with Crippen LogP contribution in [0.5, 0.6) is 0 Å². The van der Waals surface area contributed by atoms with Gasteiger partial charge in [-0.05, 0) is 19.1 Å². The normalized spacial score (nSPS) is 10.2. The van der Waals surface area contributed by atoms with Gasteiger partial charge in [-0.1, -0.05) is 0 Å². The van der Waals surface area contributed by atoms with Crippen LogP contribution >= 0.6 is 23.7 Å². The summed E-state index contributed by atoms with van der Waals surface area (Å²) >= 11 is 1.18. The zero-order chi connectivity index (χ0) is 11.4. The lowest BCUT2D eigenvalue weighted by Crippen LogP contribution is -2.11. The van der Waals surface area contributed by atoms with Crippen molar-refractivity contribution in [3.8, 4) is 0 Å². The van der Waals surface area contributed by atoms with Crippen molar-refractivity contribution in [1.29, 1.82) is 0 Å². The van der Waals surface area contributed by atoms with Gasteiger partial charge in [0.15, 0.2) is 5.13 Å². The van der Waals surface area contributed by atoms with E-state index in [1.165, 1.54) is 17.4 Å². The highest BCUT2D eigenvalue weighted by Crippen LogP contribution is 2.13. The van der Waals surface area contributed by atoms with Gasteiger partial charge in [-0.15, -0.1) is 23.7 Å². The molecule has 2 aromatic rings. The van der Waals surface area contributed by atoms with Crippen LogP contribution in [0.15, 0.2) is 24.5 Å². The molecule has 3 nitrogen and oxygen atoms in total. The molecule has 6 heteroatoms. The topological polar surface area (TPSA) is 29.9 Å². The average molecular weight is 276 g/mol. The number of hydrogen-bond acceptors (Lipinski definition) is 3. The van der Waals surface area contributed by atoms with Gasteiger partial charge in [-0.25, -0.2) is 0 Å². The number of aryl methyl sites for hydroxylation is 1. The number of rotatable bonds is 5. The summed E-state index contributed by atoms with van der Waals surface area (Å²) in [6, 6.07) is 3.30. The monoisotopic (exact) mass is 275 g/mol. The molecular weight excluding hydrogens is 261 g/mol. The summed E-state index contributed by atoms with van der Waals surface area (Å²) < 4.78 is 14.6. The molecule has 0 unspecified atom stereocenters. The fourth-order valence-electron chi connectivity index (χ4n) is 1.45. The van der Waals surface area contributed by atoms with Gasteiger partial charge >= 0.3 is 0 Å². The molecule has 1 N–H and O–H groups in total. The van der Waals surface area contributed by atoms with Gasteiger partial charge < -0.3 is 5.32 Å². The van der Waals surface area contributed by atoms with E-state index >= 15 is 0 Å². The second-order valence-electron chi connectivity index (χ2n) is 3.51. The first kappa shape index (κ1) is 14.2. The minimum atomic E-state index is -0.129. The standard InChI is InChI=1S/C11H14FN3S.ClH/c1-2-15-8-9(6-14-15)5-13-7-10-3-4-11(12)16-10;/h3-4,6,8,13H,2,5,7H2,1H3;1H. The summed E-state index contributed by atoms with van der Waals surface area (Å²) in [6.45, 7) is 4.40. The van der Waals surface area contributed by atoms with Gasteiger partial charge in [0.05, 0.1) is 6.20 Å². The Bertz CT molecular complexity index is 455. The van der Waals surface area contributed by atoms with Crippen LogP contribution in [0.4, 0.5) is 4.39 Å². The van der Waals surface area contributed by atoms with Gasteiger partial charge in [0.2, 0.25) is 0 Å². The highest BCUT2D eigenvalue weighted by Gasteiger charge is 2.00. The zero-order valence-electron chi connectivity index (χ0n) is 9.52. The highest BCUT2D eigenvalue weighted by atomic mass is 35.5. The van der Waals surface area contributed by atoms with Crippen LogP contribution in [0.1, 0.15) is 17.4 Å². The van der Waals surface area contributed by atoms with Gasteiger partial charge in [0.1, 0.15) is 0 Å². The summed E-state index contributed by atoms with van der Waals surface area (Å²) in [5.74, 6) is 0. The SMILES string of the molecule is CCn1cc(CNCc2ccc(F)s2)cn1.Cl. The van der Waals surface area contributed by atoms with E-state index in [1.54, 1.807) is 0 Å². The molecule has 0 bridgehead atoms. The van der Waals surface area contributed by atoms with Crippen LogP contribution < -0.4 is 5.32 Å². The molecule has 0 saturated heterocycles. The van der Waals surface area contributed by atoms with Gasteiger partial charge in [-0.3, -0.25) is 4.68 Å². The zero-order valence-corrected chi connectivity index (χ0v) is 11.2. The number of nitrogens with one attached hydrogen (secondary N) is 1. The molecule has 2 rings (SSSR count). The van der Waals surface area contributed by atoms with E-state index in [-0.39, 0.29) is 17.5 Å². The maximum Gasteiger partial charge on any atom is 0.176 e. The number of halogens is 2. The third-order valence-electron chi connectivity index (χ3n) is 2.27. The number of thiophene rings is 1. The highest BCUT2D eigenvalue weighted by molar-refractivity contribution is 7.10. The van der Waals surface area contributed by atoms with E-state index in [2.05, 4.69) is 17.3 Å². The molecule has 0 aliphatic heterocycles. The van der Waals surface area contributed by atoms with Crippen molar-refractivity contribution in [2.45, 2.75) is 26.6 Å². The molecule has 0 spiro atoms. The molecule has 0 aliphatic rings. The van der Waals surface area contributed by atoms with Crippen LogP contribution in [0, 0.1) is 5.13 Å². The molecule has 0 fully saturated rings. The molecule has 0 aromatic carbocycles. The van der Waals surface area contributed by atoms with Crippen molar-refractivity contribution < 1.29 is 4.39 Å². The molecule has 0 saturated carbocycles. The minimum absolute atomic E-state index is 0. The first-order valence-electron chi connectivity index (χ1n) is 5.24. The molecule has 0 amide bonds. The van der Waals surface area contributed by atoms with Crippen molar-refractivity contribution >= 4 is 23.7 Å². The molecular formula is C11H15ClFN3S. The second kappa shape index (κ2) is 6.74. The predicted molar refractivity (Wildman–Crippen MR) is 70.0 cm³/mol. The lowest BCUT2D eigenvalue weighted by atomic mass is 10.3. The average Bonchev–Trinajstić information content (AvgIpc) is 2.88. The molecule has 0 radical (unpaired) electrons. The summed E-state index contributed by atoms with van der Waals surface area (Å²) in [6.07, 6.45) is 3.87. The Balaban J connectivity index is 0.00000144. The summed E-state index contributed by atoms with van der Waals surface area (Å²) in [5, 5.41) is 7.31. The van der Waals surface area contributed by atoms with Crippen LogP contribution in [-0.4, -0.2) is 9.78 Å². The van der Waals surface area contributed by atoms with Crippen LogP contribution in [-0.2, 0) is 19.6 Å². The molecule has 2 aromatic heterocycles. The van der Waals surface area contributed by atoms with E-state index in [1.807, 2.05) is 23.1 Å². The Morgan fingerprint density at radius 2 is 2.24 bits per heavy atom. The second-order valence-corrected chi connectivity index (χ2v) is 4.63. The lowest BCUT2D eigenvalue weighted by Gasteiger charge is -1.99. The van der Waals surface area contributed by atoms with Crippen LogP contribution in [0.25, 0.3) is 0 Å². The van der Waals surface area contributed by atoms with Crippen LogP contribution in [0.2, 0.25) is 0 Å². The maximum absolute atomic E-state index is 12.7. The van der Waals surface area contributed by atoms with Gasteiger partial charge in [-0.2, -0.15) is 9.49 Å². The minimum Gasteiger partial charge on any atom is -0.308 e. The molecule has 0 aliphatic carbocycles. The summed E-state index contributed by atoms with van der Waals surface area (Å²) in [5.41, 5.74) is 1.15. The van der Waals surface area contributed by atoms with Crippen molar-refractivity contribution in [1.82, 2.24) is 15.1 Å². The summed E-state index contributed by atoms with van der Waals surface area (Å²) in [4.78, 5) is 1.01. The Labute approximate surface area is 110 Å². The van der Waals surface area contributed by atoms with E-state index in [4.69, 9.17) is 0 Å². The Hall–Kier alpha value is -0.910. The van der Waals surface area contributed by atoms with Crippen molar-refractivity contribution in [2.75, 3.05) is 0 Å². The third kappa shape index (κ3) is 4.11. The molecule has 17 heavy (non-hydrogen) atoms. The van der Waals surface area contributed by atoms with E-state index in [0.717, 1.165) is 23.5 Å². The molecule has 94 valence electrons. The van der Waals surface area contributed by atoms with Crippen LogP contribution in [0.3, 0.4) is 0 Å². The fraction of sp³-hybridized carbons (Fsp3) is 0.364. The van der Waals surface area contributed by atoms with E-state index in [9.17, 15) is 4.39 Å². The Kier molecular flexibility index (Phi) is 5.61. The molecule has 2 heterocycles. The quantitative estimate of drug-likeness (QED) is 0.909. The number of hydrogen-bond donors (Lipinski definition) is 1. The third-order valence-corrected chi connectivity index (χ3v) is 3.14. The summed E-state index contributed by atoms with van der Waals surface area (Å²) in [7, 11) is 0. The van der Waals surface area contributed by atoms with E-state index < -0.39 is 0 Å². The van der Waals surface area contributed by atoms with Gasteiger partial charge in [0.25, 0.3) is 0 Å². The Morgan fingerprint density at radius 1 is 1.41 bits per heavy atom. The predicted octanol–water partition coefficient (Wildman–Crippen LogP) is 2.82. The fourth-order valence-corrected chi connectivity index (χ4v) is 2.14. The lowest BCUT2D eigenvalue weighted by molar-refractivity contribution is 0.656. The van der Waals surface area contributed by atoms with Crippen molar-refractivity contribution in [3.63, 3.8) is 0 Å². The molecule has 0 atom stereocenters. The van der Waals surface area contributed by atoms with E-state index in [0.29, 0.717) is 6.54 Å². The Morgan fingerprint density at radius 3 is 2.82 bits per heavy atom. The first-order valence-corrected chi connectivity index (χ1v) is 6.06. The largest absolute Gasteiger partial charge is 0.308 e. The maximum atomic E-state index is 12.7. The first-order chi connectivity index (χ1) is 7.78.